The van der Waals surface area contributed by atoms with Crippen LogP contribution in [0, 0.1) is 10.1 Å². The van der Waals surface area contributed by atoms with Crippen LogP contribution in [0.5, 0.6) is 11.5 Å². The van der Waals surface area contributed by atoms with Crippen molar-refractivity contribution in [3.05, 3.63) is 70.3 Å². The van der Waals surface area contributed by atoms with Crippen molar-refractivity contribution in [1.82, 2.24) is 4.57 Å². The van der Waals surface area contributed by atoms with Gasteiger partial charge in [-0.15, -0.1) is 0 Å². The number of anilines is 1. The fourth-order valence-electron chi connectivity index (χ4n) is 4.08. The number of ether oxygens (including phenoxy) is 2. The van der Waals surface area contributed by atoms with Crippen LogP contribution in [-0.2, 0) is 6.54 Å². The van der Waals surface area contributed by atoms with Crippen molar-refractivity contribution in [2.24, 2.45) is 0 Å². The number of rotatable bonds is 4. The lowest BCUT2D eigenvalue weighted by molar-refractivity contribution is -0.385. The maximum atomic E-state index is 13.0. The summed E-state index contributed by atoms with van der Waals surface area (Å²) in [6, 6.07) is 16.3. The highest BCUT2D eigenvalue weighted by Crippen LogP contribution is 2.37. The number of nitro benzene ring substituents is 1. The summed E-state index contributed by atoms with van der Waals surface area (Å²) >= 11 is 0. The SMILES string of the molecule is CCn1c2ccccc2c2cc(NC(=O)c3cc4c(cc3[N+](=O)[O-])OCCO4)ccc21. The van der Waals surface area contributed by atoms with Gasteiger partial charge in [0.1, 0.15) is 18.8 Å². The maximum Gasteiger partial charge on any atom is 0.286 e. The van der Waals surface area contributed by atoms with Crippen LogP contribution in [-0.4, -0.2) is 28.6 Å². The zero-order chi connectivity index (χ0) is 21.5. The molecule has 0 bridgehead atoms. The molecule has 1 aliphatic rings. The quantitative estimate of drug-likeness (QED) is 0.382. The normalized spacial score (nSPS) is 12.8. The van der Waals surface area contributed by atoms with Crippen molar-refractivity contribution in [1.29, 1.82) is 0 Å². The minimum atomic E-state index is -0.592. The topological polar surface area (TPSA) is 95.6 Å². The van der Waals surface area contributed by atoms with Crippen molar-refractivity contribution < 1.29 is 19.2 Å². The summed E-state index contributed by atoms with van der Waals surface area (Å²) in [5, 5.41) is 16.4. The second-order valence-corrected chi connectivity index (χ2v) is 7.22. The molecule has 2 heterocycles. The number of aromatic nitrogens is 1. The second-order valence-electron chi connectivity index (χ2n) is 7.22. The number of para-hydroxylation sites is 1. The Bertz CT molecular complexity index is 1360. The zero-order valence-corrected chi connectivity index (χ0v) is 16.8. The number of amides is 1. The third-order valence-corrected chi connectivity index (χ3v) is 5.45. The standard InChI is InChI=1S/C23H19N3O5/c1-2-25-18-6-4-3-5-15(18)16-11-14(7-8-19(16)25)24-23(27)17-12-21-22(31-10-9-30-21)13-20(17)26(28)29/h3-8,11-13H,2,9-10H2,1H3,(H,24,27). The van der Waals surface area contributed by atoms with E-state index < -0.39 is 10.8 Å². The monoisotopic (exact) mass is 417 g/mol. The average molecular weight is 417 g/mol. The average Bonchev–Trinajstić information content (AvgIpc) is 3.11. The lowest BCUT2D eigenvalue weighted by Gasteiger charge is -2.18. The van der Waals surface area contributed by atoms with E-state index in [2.05, 4.69) is 22.9 Å². The van der Waals surface area contributed by atoms with Gasteiger partial charge in [-0.05, 0) is 31.2 Å². The molecular formula is C23H19N3O5. The second kappa shape index (κ2) is 7.32. The summed E-state index contributed by atoms with van der Waals surface area (Å²) in [6.45, 7) is 3.53. The van der Waals surface area contributed by atoms with E-state index in [0.29, 0.717) is 24.7 Å². The van der Waals surface area contributed by atoms with Crippen LogP contribution >= 0.6 is 0 Å². The van der Waals surface area contributed by atoms with E-state index >= 15 is 0 Å². The Morgan fingerprint density at radius 3 is 2.48 bits per heavy atom. The lowest BCUT2D eigenvalue weighted by Crippen LogP contribution is -2.18. The molecule has 0 radical (unpaired) electrons. The molecule has 4 aromatic rings. The van der Waals surface area contributed by atoms with Crippen LogP contribution in [0.15, 0.2) is 54.6 Å². The van der Waals surface area contributed by atoms with Crippen molar-refractivity contribution in [2.45, 2.75) is 13.5 Å². The number of nitro groups is 1. The summed E-state index contributed by atoms with van der Waals surface area (Å²) in [4.78, 5) is 23.9. The molecule has 0 aliphatic carbocycles. The first-order valence-corrected chi connectivity index (χ1v) is 9.97. The number of hydrogen-bond acceptors (Lipinski definition) is 5. The van der Waals surface area contributed by atoms with Gasteiger partial charge in [0.05, 0.1) is 11.0 Å². The Morgan fingerprint density at radius 1 is 1.03 bits per heavy atom. The first-order valence-electron chi connectivity index (χ1n) is 9.97. The fraction of sp³-hybridized carbons (Fsp3) is 0.174. The molecule has 1 amide bonds. The number of fused-ring (bicyclic) bond motifs is 4. The molecule has 5 rings (SSSR count). The van der Waals surface area contributed by atoms with Gasteiger partial charge in [0.2, 0.25) is 0 Å². The van der Waals surface area contributed by atoms with Gasteiger partial charge in [-0.1, -0.05) is 18.2 Å². The molecule has 0 fully saturated rings. The van der Waals surface area contributed by atoms with E-state index in [1.165, 1.54) is 12.1 Å². The Labute approximate surface area is 177 Å². The number of benzene rings is 3. The van der Waals surface area contributed by atoms with Gasteiger partial charge >= 0.3 is 0 Å². The number of aryl methyl sites for hydroxylation is 1. The molecular weight excluding hydrogens is 398 g/mol. The van der Waals surface area contributed by atoms with Gasteiger partial charge in [-0.25, -0.2) is 0 Å². The van der Waals surface area contributed by atoms with Gasteiger partial charge in [-0.2, -0.15) is 0 Å². The predicted octanol–water partition coefficient (Wildman–Crippen LogP) is 4.75. The van der Waals surface area contributed by atoms with Gasteiger partial charge in [0, 0.05) is 40.1 Å². The minimum Gasteiger partial charge on any atom is -0.486 e. The summed E-state index contributed by atoms with van der Waals surface area (Å²) in [6.07, 6.45) is 0. The summed E-state index contributed by atoms with van der Waals surface area (Å²) in [7, 11) is 0. The number of hydrogen-bond donors (Lipinski definition) is 1. The van der Waals surface area contributed by atoms with Crippen LogP contribution in [0.3, 0.4) is 0 Å². The fourth-order valence-corrected chi connectivity index (χ4v) is 4.08. The van der Waals surface area contributed by atoms with Gasteiger partial charge in [0.25, 0.3) is 11.6 Å². The van der Waals surface area contributed by atoms with E-state index in [0.717, 1.165) is 28.4 Å². The maximum absolute atomic E-state index is 13.0. The highest BCUT2D eigenvalue weighted by atomic mass is 16.6. The number of carbonyl (C=O) groups is 1. The smallest absolute Gasteiger partial charge is 0.286 e. The molecule has 3 aromatic carbocycles. The van der Waals surface area contributed by atoms with Gasteiger partial charge in [0.15, 0.2) is 11.5 Å². The molecule has 0 unspecified atom stereocenters. The Morgan fingerprint density at radius 2 is 1.74 bits per heavy atom. The molecule has 0 saturated heterocycles. The van der Waals surface area contributed by atoms with Crippen LogP contribution in [0.25, 0.3) is 21.8 Å². The van der Waals surface area contributed by atoms with Crippen LogP contribution in [0.1, 0.15) is 17.3 Å². The molecule has 8 nitrogen and oxygen atoms in total. The van der Waals surface area contributed by atoms with Crippen molar-refractivity contribution in [3.8, 4) is 11.5 Å². The molecule has 1 aromatic heterocycles. The van der Waals surface area contributed by atoms with E-state index in [-0.39, 0.29) is 17.0 Å². The van der Waals surface area contributed by atoms with Gasteiger partial charge < -0.3 is 19.4 Å². The van der Waals surface area contributed by atoms with Crippen molar-refractivity contribution in [3.63, 3.8) is 0 Å². The first-order chi connectivity index (χ1) is 15.1. The Hall–Kier alpha value is -4.07. The first kappa shape index (κ1) is 18.9. The summed E-state index contributed by atoms with van der Waals surface area (Å²) < 4.78 is 13.1. The van der Waals surface area contributed by atoms with Gasteiger partial charge in [-0.3, -0.25) is 14.9 Å². The molecule has 1 aliphatic heterocycles. The van der Waals surface area contributed by atoms with Crippen LogP contribution < -0.4 is 14.8 Å². The molecule has 1 N–H and O–H groups in total. The molecule has 8 heteroatoms. The lowest BCUT2D eigenvalue weighted by atomic mass is 10.1. The van der Waals surface area contributed by atoms with E-state index in [1.54, 1.807) is 6.07 Å². The molecule has 0 spiro atoms. The Kier molecular flexibility index (Phi) is 4.47. The summed E-state index contributed by atoms with van der Waals surface area (Å²) in [5.74, 6) is 0.00835. The molecule has 0 atom stereocenters. The minimum absolute atomic E-state index is 0.0784. The van der Waals surface area contributed by atoms with Crippen LogP contribution in [0.4, 0.5) is 11.4 Å². The molecule has 0 saturated carbocycles. The number of nitrogens with zero attached hydrogens (tertiary/aromatic N) is 2. The third kappa shape index (κ3) is 3.13. The van der Waals surface area contributed by atoms with Crippen molar-refractivity contribution in [2.75, 3.05) is 18.5 Å². The predicted molar refractivity (Wildman–Crippen MR) is 117 cm³/mol. The molecule has 156 valence electrons. The highest BCUT2D eigenvalue weighted by molar-refractivity contribution is 6.12. The van der Waals surface area contributed by atoms with Crippen molar-refractivity contribution >= 4 is 39.1 Å². The van der Waals surface area contributed by atoms with E-state index in [1.807, 2.05) is 30.3 Å². The highest BCUT2D eigenvalue weighted by Gasteiger charge is 2.26. The molecule has 31 heavy (non-hydrogen) atoms. The largest absolute Gasteiger partial charge is 0.486 e. The Balaban J connectivity index is 1.55. The zero-order valence-electron chi connectivity index (χ0n) is 16.8. The number of nitrogens with one attached hydrogen (secondary N) is 1. The van der Waals surface area contributed by atoms with E-state index in [9.17, 15) is 14.9 Å². The third-order valence-electron chi connectivity index (χ3n) is 5.45. The summed E-state index contributed by atoms with van der Waals surface area (Å²) in [5.41, 5.74) is 2.33. The van der Waals surface area contributed by atoms with E-state index in [4.69, 9.17) is 9.47 Å². The number of carbonyl (C=O) groups excluding carboxylic acids is 1. The van der Waals surface area contributed by atoms with Crippen LogP contribution in [0.2, 0.25) is 0 Å².